The van der Waals surface area contributed by atoms with Gasteiger partial charge in [-0.1, -0.05) is 23.8 Å². The fourth-order valence-electron chi connectivity index (χ4n) is 2.04. The van der Waals surface area contributed by atoms with Crippen LogP contribution in [0.3, 0.4) is 0 Å². The third-order valence-corrected chi connectivity index (χ3v) is 3.09. The molecule has 100 valence electrons. The highest BCUT2D eigenvalue weighted by atomic mass is 16.3. The first-order valence-corrected chi connectivity index (χ1v) is 6.49. The lowest BCUT2D eigenvalue weighted by Crippen LogP contribution is -2.18. The molecule has 0 unspecified atom stereocenters. The molecule has 0 fully saturated rings. The van der Waals surface area contributed by atoms with E-state index in [9.17, 15) is 5.11 Å². The van der Waals surface area contributed by atoms with Gasteiger partial charge in [0.25, 0.3) is 0 Å². The van der Waals surface area contributed by atoms with Crippen molar-refractivity contribution in [1.29, 1.82) is 0 Å². The first kappa shape index (κ1) is 13.4. The van der Waals surface area contributed by atoms with Crippen LogP contribution in [0.4, 0.5) is 5.69 Å². The summed E-state index contributed by atoms with van der Waals surface area (Å²) in [7, 11) is 2.01. The average molecular weight is 256 g/mol. The summed E-state index contributed by atoms with van der Waals surface area (Å²) in [6.45, 7) is 5.02. The molecule has 1 heterocycles. The number of hydrogen-bond acceptors (Lipinski definition) is 3. The quantitative estimate of drug-likeness (QED) is 0.831. The van der Waals surface area contributed by atoms with Gasteiger partial charge >= 0.3 is 0 Å². The SMILES string of the molecule is CC(C)=C/C=C1/CCN(C)C=Nc2cccc(O)c21. The van der Waals surface area contributed by atoms with Crippen LogP contribution >= 0.6 is 0 Å². The molecule has 0 saturated carbocycles. The minimum Gasteiger partial charge on any atom is -0.507 e. The van der Waals surface area contributed by atoms with Crippen LogP contribution in [0.5, 0.6) is 5.75 Å². The van der Waals surface area contributed by atoms with E-state index >= 15 is 0 Å². The van der Waals surface area contributed by atoms with Gasteiger partial charge in [-0.05, 0) is 38.0 Å². The lowest BCUT2D eigenvalue weighted by Gasteiger charge is -2.20. The summed E-state index contributed by atoms with van der Waals surface area (Å²) in [5.41, 5.74) is 4.03. The van der Waals surface area contributed by atoms with Gasteiger partial charge in [0.05, 0.1) is 12.0 Å². The summed E-state index contributed by atoms with van der Waals surface area (Å²) in [6, 6.07) is 5.47. The zero-order valence-corrected chi connectivity index (χ0v) is 11.7. The molecular weight excluding hydrogens is 236 g/mol. The molecule has 0 amide bonds. The minimum absolute atomic E-state index is 0.299. The van der Waals surface area contributed by atoms with Crippen molar-refractivity contribution >= 4 is 17.6 Å². The number of fused-ring (bicyclic) bond motifs is 1. The first-order chi connectivity index (χ1) is 9.08. The van der Waals surface area contributed by atoms with Crippen LogP contribution in [0.15, 0.2) is 40.9 Å². The van der Waals surface area contributed by atoms with Crippen LogP contribution in [0.25, 0.3) is 5.57 Å². The summed E-state index contributed by atoms with van der Waals surface area (Å²) in [5.74, 6) is 0.299. The van der Waals surface area contributed by atoms with Crippen LogP contribution in [0, 0.1) is 0 Å². The van der Waals surface area contributed by atoms with E-state index in [1.165, 1.54) is 5.57 Å². The predicted octanol–water partition coefficient (Wildman–Crippen LogP) is 3.74. The van der Waals surface area contributed by atoms with Gasteiger partial charge < -0.3 is 10.0 Å². The molecule has 0 saturated heterocycles. The first-order valence-electron chi connectivity index (χ1n) is 6.49. The summed E-state index contributed by atoms with van der Waals surface area (Å²) in [5, 5.41) is 10.1. The highest BCUT2D eigenvalue weighted by Crippen LogP contribution is 2.36. The Balaban J connectivity index is 2.56. The summed E-state index contributed by atoms with van der Waals surface area (Å²) < 4.78 is 0. The number of nitrogens with zero attached hydrogens (tertiary/aromatic N) is 2. The molecule has 19 heavy (non-hydrogen) atoms. The molecule has 2 rings (SSSR count). The maximum atomic E-state index is 10.1. The number of aromatic hydroxyl groups is 1. The Morgan fingerprint density at radius 2 is 2.16 bits per heavy atom. The van der Waals surface area contributed by atoms with E-state index < -0.39 is 0 Å². The Bertz CT molecular complexity index is 552. The molecule has 1 N–H and O–H groups in total. The second-order valence-electron chi connectivity index (χ2n) is 5.08. The van der Waals surface area contributed by atoms with E-state index in [0.717, 1.165) is 29.8 Å². The van der Waals surface area contributed by atoms with Crippen molar-refractivity contribution in [2.75, 3.05) is 13.6 Å². The van der Waals surface area contributed by atoms with Crippen LogP contribution in [0.1, 0.15) is 25.8 Å². The third kappa shape index (κ3) is 3.25. The van der Waals surface area contributed by atoms with Crippen molar-refractivity contribution in [3.8, 4) is 5.75 Å². The van der Waals surface area contributed by atoms with E-state index in [-0.39, 0.29) is 0 Å². The van der Waals surface area contributed by atoms with E-state index in [2.05, 4.69) is 35.9 Å². The number of aliphatic imine (C=N–C) groups is 1. The zero-order chi connectivity index (χ0) is 13.8. The van der Waals surface area contributed by atoms with Crippen molar-refractivity contribution < 1.29 is 5.11 Å². The lowest BCUT2D eigenvalue weighted by molar-refractivity contribution is 0.472. The molecule has 0 aromatic heterocycles. The standard InChI is InChI=1S/C16H20N2O/c1-12(2)7-8-13-9-10-18(3)11-17-14-5-4-6-15(19)16(13)14/h4-8,11,19H,9-10H2,1-3H3/b13-8-,17-11?. The van der Waals surface area contributed by atoms with E-state index in [4.69, 9.17) is 0 Å². The monoisotopic (exact) mass is 256 g/mol. The van der Waals surface area contributed by atoms with Crippen LogP contribution in [-0.2, 0) is 0 Å². The van der Waals surface area contributed by atoms with Gasteiger partial charge in [-0.15, -0.1) is 0 Å². The average Bonchev–Trinajstić information content (AvgIpc) is 2.35. The van der Waals surface area contributed by atoms with Gasteiger partial charge in [-0.2, -0.15) is 0 Å². The summed E-state index contributed by atoms with van der Waals surface area (Å²) >= 11 is 0. The predicted molar refractivity (Wildman–Crippen MR) is 80.9 cm³/mol. The fourth-order valence-corrected chi connectivity index (χ4v) is 2.04. The second kappa shape index (κ2) is 5.74. The number of rotatable bonds is 1. The molecule has 0 bridgehead atoms. The Morgan fingerprint density at radius 3 is 2.89 bits per heavy atom. The molecule has 1 aliphatic rings. The van der Waals surface area contributed by atoms with Crippen molar-refractivity contribution in [2.24, 2.45) is 4.99 Å². The summed E-state index contributed by atoms with van der Waals surface area (Å²) in [4.78, 5) is 6.50. The Morgan fingerprint density at radius 1 is 1.37 bits per heavy atom. The molecule has 1 aromatic rings. The van der Waals surface area contributed by atoms with Gasteiger partial charge in [-0.25, -0.2) is 4.99 Å². The fraction of sp³-hybridized carbons (Fsp3) is 0.312. The van der Waals surface area contributed by atoms with Crippen molar-refractivity contribution in [3.63, 3.8) is 0 Å². The molecule has 0 spiro atoms. The van der Waals surface area contributed by atoms with Gasteiger partial charge in [0.2, 0.25) is 0 Å². The largest absolute Gasteiger partial charge is 0.507 e. The maximum Gasteiger partial charge on any atom is 0.125 e. The molecule has 3 heteroatoms. The summed E-state index contributed by atoms with van der Waals surface area (Å²) in [6.07, 6.45) is 6.87. The molecule has 1 aliphatic heterocycles. The van der Waals surface area contributed by atoms with Crippen LogP contribution in [0.2, 0.25) is 0 Å². The molecule has 0 radical (unpaired) electrons. The maximum absolute atomic E-state index is 10.1. The second-order valence-corrected chi connectivity index (χ2v) is 5.08. The van der Waals surface area contributed by atoms with Gasteiger partial charge in [0, 0.05) is 19.2 Å². The molecular formula is C16H20N2O. The van der Waals surface area contributed by atoms with Crippen LogP contribution < -0.4 is 0 Å². The Labute approximate surface area is 114 Å². The number of allylic oxidation sites excluding steroid dienone is 3. The Kier molecular flexibility index (Phi) is 4.05. The van der Waals surface area contributed by atoms with E-state index in [1.54, 1.807) is 6.07 Å². The van der Waals surface area contributed by atoms with Crippen molar-refractivity contribution in [1.82, 2.24) is 4.90 Å². The third-order valence-electron chi connectivity index (χ3n) is 3.09. The highest BCUT2D eigenvalue weighted by Gasteiger charge is 2.14. The number of benzene rings is 1. The normalized spacial score (nSPS) is 16.8. The number of phenolic OH excluding ortho intramolecular Hbond substituents is 1. The zero-order valence-electron chi connectivity index (χ0n) is 11.7. The van der Waals surface area contributed by atoms with Crippen molar-refractivity contribution in [2.45, 2.75) is 20.3 Å². The lowest BCUT2D eigenvalue weighted by atomic mass is 9.98. The van der Waals surface area contributed by atoms with E-state index in [0.29, 0.717) is 5.75 Å². The Hall–Kier alpha value is -2.03. The minimum atomic E-state index is 0.299. The van der Waals surface area contributed by atoms with Crippen LogP contribution in [-0.4, -0.2) is 29.9 Å². The molecule has 3 nitrogen and oxygen atoms in total. The molecule has 1 aromatic carbocycles. The molecule has 0 atom stereocenters. The van der Waals surface area contributed by atoms with Gasteiger partial charge in [-0.3, -0.25) is 0 Å². The number of hydrogen-bond donors (Lipinski definition) is 1. The van der Waals surface area contributed by atoms with Gasteiger partial charge in [0.1, 0.15) is 5.75 Å². The van der Waals surface area contributed by atoms with Gasteiger partial charge in [0.15, 0.2) is 0 Å². The highest BCUT2D eigenvalue weighted by molar-refractivity contribution is 5.82. The molecule has 0 aliphatic carbocycles. The topological polar surface area (TPSA) is 35.8 Å². The van der Waals surface area contributed by atoms with E-state index in [1.807, 2.05) is 25.5 Å². The number of phenols is 1. The smallest absolute Gasteiger partial charge is 0.125 e. The van der Waals surface area contributed by atoms with Crippen molar-refractivity contribution in [3.05, 3.63) is 41.5 Å².